The summed E-state index contributed by atoms with van der Waals surface area (Å²) in [6.45, 7) is 0. The van der Waals surface area contributed by atoms with Gasteiger partial charge in [-0.15, -0.1) is 0 Å². The lowest BCUT2D eigenvalue weighted by Crippen LogP contribution is -2.39. The number of benzene rings is 2. The first kappa shape index (κ1) is 29.9. The molecular weight excluding hydrogens is 600 g/mol. The summed E-state index contributed by atoms with van der Waals surface area (Å²) < 4.78 is 59.6. The molecule has 43 heavy (non-hydrogen) atoms. The highest BCUT2D eigenvalue weighted by Crippen LogP contribution is 2.32. The SMILES string of the molecule is CS(=O)(=O)NC1CCC(Nc2ccc(S(=O)(=O)NC(=O)c3ccccc3Oc3cnc4[nH]ccc4c3)cc2[N+](=O)[O-])CC1. The van der Waals surface area contributed by atoms with Crippen molar-refractivity contribution in [3.8, 4) is 11.5 Å². The Hall–Kier alpha value is -4.54. The van der Waals surface area contributed by atoms with Crippen LogP contribution in [-0.2, 0) is 20.0 Å². The molecule has 16 heteroatoms. The number of carbonyl (C=O) groups excluding carboxylic acids is 1. The third-order valence-corrected chi connectivity index (χ3v) is 9.00. The van der Waals surface area contributed by atoms with Gasteiger partial charge >= 0.3 is 0 Å². The van der Waals surface area contributed by atoms with Crippen LogP contribution in [0.3, 0.4) is 0 Å². The van der Waals surface area contributed by atoms with E-state index < -0.39 is 41.5 Å². The van der Waals surface area contributed by atoms with Crippen molar-refractivity contribution in [2.75, 3.05) is 11.6 Å². The van der Waals surface area contributed by atoms with E-state index in [1.165, 1.54) is 36.5 Å². The number of nitrogens with zero attached hydrogens (tertiary/aromatic N) is 2. The number of hydrogen-bond acceptors (Lipinski definition) is 10. The molecule has 0 unspecified atom stereocenters. The molecule has 2 heterocycles. The molecule has 0 aliphatic heterocycles. The number of hydrogen-bond donors (Lipinski definition) is 4. The quantitative estimate of drug-likeness (QED) is 0.148. The second-order valence-electron chi connectivity index (χ2n) is 10.1. The number of fused-ring (bicyclic) bond motifs is 1. The number of nitro benzene ring substituents is 1. The van der Waals surface area contributed by atoms with E-state index >= 15 is 0 Å². The van der Waals surface area contributed by atoms with Gasteiger partial charge in [0, 0.05) is 29.7 Å². The first-order valence-corrected chi connectivity index (χ1v) is 16.5. The summed E-state index contributed by atoms with van der Waals surface area (Å²) in [6.07, 6.45) is 6.45. The van der Waals surface area contributed by atoms with Crippen LogP contribution in [0.5, 0.6) is 11.5 Å². The molecule has 4 N–H and O–H groups in total. The Morgan fingerprint density at radius 1 is 1.02 bits per heavy atom. The van der Waals surface area contributed by atoms with Crippen molar-refractivity contribution in [2.24, 2.45) is 0 Å². The Kier molecular flexibility index (Phi) is 8.34. The summed E-state index contributed by atoms with van der Waals surface area (Å²) in [5.74, 6) is -0.580. The molecule has 226 valence electrons. The normalized spacial score (nSPS) is 17.3. The average Bonchev–Trinajstić information content (AvgIpc) is 3.41. The fraction of sp³-hybridized carbons (Fsp3) is 0.259. The van der Waals surface area contributed by atoms with E-state index in [2.05, 4.69) is 20.0 Å². The standard InChI is InChI=1S/C27H28N6O8S2/c1-42(37,38)31-19-8-6-18(7-9-19)30-23-11-10-21(15-24(23)33(35)36)43(39,40)32-27(34)22-4-2-3-5-25(22)41-20-14-17-12-13-28-26(17)29-16-20/h2-5,10-16,18-19,30-31H,6-9H2,1H3,(H,28,29)(H,32,34). The van der Waals surface area contributed by atoms with E-state index in [0.717, 1.165) is 17.7 Å². The number of sulfonamides is 2. The minimum absolute atomic E-state index is 0.0750. The summed E-state index contributed by atoms with van der Waals surface area (Å²) in [5, 5.41) is 15.7. The number of anilines is 1. The summed E-state index contributed by atoms with van der Waals surface area (Å²) in [7, 11) is -7.86. The molecule has 1 amide bonds. The van der Waals surface area contributed by atoms with Crippen molar-refractivity contribution in [1.29, 1.82) is 0 Å². The number of rotatable bonds is 10. The van der Waals surface area contributed by atoms with Crippen LogP contribution in [0.2, 0.25) is 0 Å². The molecule has 2 aromatic heterocycles. The molecule has 0 spiro atoms. The molecule has 1 saturated carbocycles. The van der Waals surface area contributed by atoms with Crippen LogP contribution < -0.4 is 19.5 Å². The van der Waals surface area contributed by atoms with Gasteiger partial charge in [-0.05, 0) is 62.1 Å². The van der Waals surface area contributed by atoms with Crippen LogP contribution in [0.4, 0.5) is 11.4 Å². The number of carbonyl (C=O) groups is 1. The van der Waals surface area contributed by atoms with Gasteiger partial charge in [0.15, 0.2) is 0 Å². The second-order valence-corrected chi connectivity index (χ2v) is 13.6. The van der Waals surface area contributed by atoms with Crippen molar-refractivity contribution in [2.45, 2.75) is 42.7 Å². The van der Waals surface area contributed by atoms with E-state index in [9.17, 15) is 31.7 Å². The van der Waals surface area contributed by atoms with Crippen molar-refractivity contribution in [3.63, 3.8) is 0 Å². The topological polar surface area (TPSA) is 202 Å². The Morgan fingerprint density at radius 3 is 2.47 bits per heavy atom. The maximum Gasteiger partial charge on any atom is 0.293 e. The van der Waals surface area contributed by atoms with E-state index in [4.69, 9.17) is 4.74 Å². The number of ether oxygens (including phenoxy) is 1. The van der Waals surface area contributed by atoms with Crippen LogP contribution in [0.15, 0.2) is 71.9 Å². The summed E-state index contributed by atoms with van der Waals surface area (Å²) in [4.78, 5) is 31.0. The van der Waals surface area contributed by atoms with Crippen molar-refractivity contribution < 1.29 is 31.3 Å². The second kappa shape index (κ2) is 12.0. The summed E-state index contributed by atoms with van der Waals surface area (Å²) >= 11 is 0. The van der Waals surface area contributed by atoms with Crippen LogP contribution in [-0.4, -0.2) is 56.0 Å². The van der Waals surface area contributed by atoms with Gasteiger partial charge in [0.2, 0.25) is 10.0 Å². The van der Waals surface area contributed by atoms with Crippen LogP contribution >= 0.6 is 0 Å². The molecule has 1 aliphatic carbocycles. The lowest BCUT2D eigenvalue weighted by Gasteiger charge is -2.29. The van der Waals surface area contributed by atoms with Crippen LogP contribution in [0, 0.1) is 10.1 Å². The number of nitrogens with one attached hydrogen (secondary N) is 4. The molecule has 14 nitrogen and oxygen atoms in total. The number of pyridine rings is 1. The van der Waals surface area contributed by atoms with E-state index in [-0.39, 0.29) is 29.1 Å². The summed E-state index contributed by atoms with van der Waals surface area (Å²) in [5.41, 5.74) is 0.202. The molecular formula is C27H28N6O8S2. The van der Waals surface area contributed by atoms with Gasteiger partial charge in [0.05, 0.1) is 27.8 Å². The maximum absolute atomic E-state index is 13.1. The van der Waals surface area contributed by atoms with Gasteiger partial charge in [-0.25, -0.2) is 31.3 Å². The molecule has 0 bridgehead atoms. The lowest BCUT2D eigenvalue weighted by atomic mass is 9.91. The molecule has 0 atom stereocenters. The predicted octanol–water partition coefficient (Wildman–Crippen LogP) is 3.65. The van der Waals surface area contributed by atoms with Gasteiger partial charge in [-0.1, -0.05) is 12.1 Å². The largest absolute Gasteiger partial charge is 0.455 e. The number of para-hydroxylation sites is 1. The molecule has 1 aliphatic rings. The maximum atomic E-state index is 13.1. The minimum atomic E-state index is -4.52. The zero-order chi connectivity index (χ0) is 30.8. The first-order valence-electron chi connectivity index (χ1n) is 13.2. The van der Waals surface area contributed by atoms with Crippen LogP contribution in [0.25, 0.3) is 11.0 Å². The summed E-state index contributed by atoms with van der Waals surface area (Å²) in [6, 6.07) is 12.5. The number of H-pyrrole nitrogens is 1. The number of amides is 1. The number of nitro groups is 1. The fourth-order valence-corrected chi connectivity index (χ4v) is 6.74. The average molecular weight is 629 g/mol. The van der Waals surface area contributed by atoms with Crippen molar-refractivity contribution >= 4 is 48.4 Å². The zero-order valence-corrected chi connectivity index (χ0v) is 24.4. The molecule has 5 rings (SSSR count). The Bertz CT molecular complexity index is 1900. The van der Waals surface area contributed by atoms with Crippen molar-refractivity contribution in [3.05, 3.63) is 82.7 Å². The highest BCUT2D eigenvalue weighted by Gasteiger charge is 2.28. The molecule has 0 radical (unpaired) electrons. The molecule has 2 aromatic carbocycles. The molecule has 4 aromatic rings. The zero-order valence-electron chi connectivity index (χ0n) is 22.8. The van der Waals surface area contributed by atoms with Crippen LogP contribution in [0.1, 0.15) is 36.0 Å². The van der Waals surface area contributed by atoms with Gasteiger partial charge in [0.25, 0.3) is 21.6 Å². The Balaban J connectivity index is 1.30. The smallest absolute Gasteiger partial charge is 0.293 e. The fourth-order valence-electron chi connectivity index (χ4n) is 4.91. The lowest BCUT2D eigenvalue weighted by molar-refractivity contribution is -0.384. The number of aromatic amines is 1. The third-order valence-electron chi connectivity index (χ3n) is 6.91. The van der Waals surface area contributed by atoms with E-state index in [1.807, 2.05) is 4.72 Å². The molecule has 0 saturated heterocycles. The van der Waals surface area contributed by atoms with E-state index in [0.29, 0.717) is 37.1 Å². The molecule has 1 fully saturated rings. The first-order chi connectivity index (χ1) is 20.4. The highest BCUT2D eigenvalue weighted by atomic mass is 32.2. The third kappa shape index (κ3) is 7.28. The highest BCUT2D eigenvalue weighted by molar-refractivity contribution is 7.90. The Morgan fingerprint density at radius 2 is 1.74 bits per heavy atom. The van der Waals surface area contributed by atoms with Gasteiger partial charge in [0.1, 0.15) is 22.8 Å². The number of aromatic nitrogens is 2. The van der Waals surface area contributed by atoms with Crippen molar-refractivity contribution in [1.82, 2.24) is 19.4 Å². The minimum Gasteiger partial charge on any atom is -0.455 e. The van der Waals surface area contributed by atoms with E-state index in [1.54, 1.807) is 24.4 Å². The van der Waals surface area contributed by atoms with Gasteiger partial charge in [-0.2, -0.15) is 0 Å². The van der Waals surface area contributed by atoms with Gasteiger partial charge in [-0.3, -0.25) is 14.9 Å². The Labute approximate surface area is 247 Å². The van der Waals surface area contributed by atoms with Gasteiger partial charge < -0.3 is 15.0 Å². The predicted molar refractivity (Wildman–Crippen MR) is 158 cm³/mol. The monoisotopic (exact) mass is 628 g/mol.